The Balaban J connectivity index is 2.34. The first-order valence-corrected chi connectivity index (χ1v) is 6.62. The van der Waals surface area contributed by atoms with Gasteiger partial charge in [-0.1, -0.05) is 13.0 Å². The molecule has 0 amide bonds. The number of nitro benzene ring substituents is 1. The lowest BCUT2D eigenvalue weighted by Crippen LogP contribution is -1.95. The zero-order valence-corrected chi connectivity index (χ0v) is 11.6. The summed E-state index contributed by atoms with van der Waals surface area (Å²) in [7, 11) is 0. The summed E-state index contributed by atoms with van der Waals surface area (Å²) >= 11 is 5.72. The van der Waals surface area contributed by atoms with E-state index in [1.54, 1.807) is 24.4 Å². The maximum atomic E-state index is 11.1. The van der Waals surface area contributed by atoms with Crippen LogP contribution in [0.2, 0.25) is 0 Å². The summed E-state index contributed by atoms with van der Waals surface area (Å²) in [5.74, 6) is 0.928. The van der Waals surface area contributed by atoms with Crippen molar-refractivity contribution in [2.24, 2.45) is 0 Å². The van der Waals surface area contributed by atoms with Crippen molar-refractivity contribution in [2.45, 2.75) is 19.2 Å². The Labute approximate surface area is 121 Å². The van der Waals surface area contributed by atoms with Gasteiger partial charge in [-0.3, -0.25) is 15.1 Å². The van der Waals surface area contributed by atoms with Crippen LogP contribution in [-0.4, -0.2) is 9.91 Å². The molecule has 20 heavy (non-hydrogen) atoms. The highest BCUT2D eigenvalue weighted by Crippen LogP contribution is 2.32. The van der Waals surface area contributed by atoms with Crippen LogP contribution >= 0.6 is 11.6 Å². The number of ether oxygens (including phenoxy) is 1. The molecule has 1 heterocycles. The lowest BCUT2D eigenvalue weighted by molar-refractivity contribution is -0.385. The Morgan fingerprint density at radius 3 is 2.75 bits per heavy atom. The number of rotatable bonds is 5. The molecule has 0 atom stereocenters. The Hall–Kier alpha value is -2.14. The van der Waals surface area contributed by atoms with E-state index in [1.165, 1.54) is 12.3 Å². The lowest BCUT2D eigenvalue weighted by atomic mass is 10.1. The van der Waals surface area contributed by atoms with Gasteiger partial charge in [0, 0.05) is 18.1 Å². The van der Waals surface area contributed by atoms with Crippen molar-refractivity contribution in [2.75, 3.05) is 0 Å². The van der Waals surface area contributed by atoms with E-state index in [-0.39, 0.29) is 11.4 Å². The summed E-state index contributed by atoms with van der Waals surface area (Å²) in [5, 5.41) is 11.1. The van der Waals surface area contributed by atoms with Gasteiger partial charge < -0.3 is 4.74 Å². The van der Waals surface area contributed by atoms with Crippen LogP contribution in [0, 0.1) is 10.1 Å². The molecule has 0 fully saturated rings. The summed E-state index contributed by atoms with van der Waals surface area (Å²) in [6.45, 7) is 1.94. The molecule has 2 rings (SSSR count). The molecule has 5 nitrogen and oxygen atoms in total. The third-order valence-electron chi connectivity index (χ3n) is 2.78. The number of hydrogen-bond acceptors (Lipinski definition) is 4. The minimum atomic E-state index is -0.451. The first-order chi connectivity index (χ1) is 9.63. The van der Waals surface area contributed by atoms with E-state index in [2.05, 4.69) is 4.98 Å². The van der Waals surface area contributed by atoms with Crippen molar-refractivity contribution in [1.29, 1.82) is 0 Å². The third kappa shape index (κ3) is 3.24. The summed E-state index contributed by atoms with van der Waals surface area (Å²) in [6.07, 6.45) is 3.84. The minimum Gasteiger partial charge on any atom is -0.448 e. The molecule has 6 heteroatoms. The zero-order chi connectivity index (χ0) is 14.5. The number of alkyl halides is 1. The van der Waals surface area contributed by atoms with E-state index < -0.39 is 4.92 Å². The van der Waals surface area contributed by atoms with Crippen molar-refractivity contribution in [3.05, 3.63) is 57.9 Å². The average molecular weight is 293 g/mol. The average Bonchev–Trinajstić information content (AvgIpc) is 2.47. The quantitative estimate of drug-likeness (QED) is 0.473. The second-order valence-electron chi connectivity index (χ2n) is 4.18. The maximum absolute atomic E-state index is 11.1. The summed E-state index contributed by atoms with van der Waals surface area (Å²) < 4.78 is 5.55. The van der Waals surface area contributed by atoms with Crippen LogP contribution in [0.25, 0.3) is 0 Å². The molecule has 0 aliphatic carbocycles. The predicted octanol–water partition coefficient (Wildman–Crippen LogP) is 4.08. The number of aromatic nitrogens is 1. The largest absolute Gasteiger partial charge is 0.448 e. The summed E-state index contributed by atoms with van der Waals surface area (Å²) in [4.78, 5) is 14.6. The predicted molar refractivity (Wildman–Crippen MR) is 76.3 cm³/mol. The highest BCUT2D eigenvalue weighted by molar-refractivity contribution is 6.17. The Morgan fingerprint density at radius 2 is 2.10 bits per heavy atom. The van der Waals surface area contributed by atoms with Crippen LogP contribution in [0.4, 0.5) is 5.69 Å². The molecule has 0 saturated carbocycles. The molecule has 0 N–H and O–H groups in total. The SMILES string of the molecule is CCc1ccc(Oc2cncc(CCl)c2)c([N+](=O)[O-])c1. The van der Waals surface area contributed by atoms with E-state index in [0.717, 1.165) is 17.5 Å². The molecule has 0 aliphatic heterocycles. The fourth-order valence-electron chi connectivity index (χ4n) is 1.73. The molecule has 0 unspecified atom stereocenters. The fraction of sp³-hybridized carbons (Fsp3) is 0.214. The van der Waals surface area contributed by atoms with Gasteiger partial charge in [-0.15, -0.1) is 11.6 Å². The number of hydrogen-bond donors (Lipinski definition) is 0. The van der Waals surface area contributed by atoms with E-state index >= 15 is 0 Å². The molecule has 1 aromatic carbocycles. The third-order valence-corrected chi connectivity index (χ3v) is 3.09. The molecular weight excluding hydrogens is 280 g/mol. The molecule has 104 valence electrons. The lowest BCUT2D eigenvalue weighted by Gasteiger charge is -2.08. The zero-order valence-electron chi connectivity index (χ0n) is 10.9. The van der Waals surface area contributed by atoms with Crippen LogP contribution in [0.5, 0.6) is 11.5 Å². The highest BCUT2D eigenvalue weighted by atomic mass is 35.5. The molecule has 0 spiro atoms. The van der Waals surface area contributed by atoms with E-state index in [1.807, 2.05) is 6.92 Å². The molecular formula is C14H13ClN2O3. The number of aryl methyl sites for hydroxylation is 1. The molecule has 0 aliphatic rings. The Morgan fingerprint density at radius 1 is 1.30 bits per heavy atom. The standard InChI is InChI=1S/C14H13ClN2O3/c1-2-10-3-4-14(13(6-10)17(18)19)20-12-5-11(7-15)8-16-9-12/h3-6,8-9H,2,7H2,1H3. The molecule has 0 bridgehead atoms. The monoisotopic (exact) mass is 292 g/mol. The first-order valence-electron chi connectivity index (χ1n) is 6.09. The number of pyridine rings is 1. The smallest absolute Gasteiger partial charge is 0.311 e. The second kappa shape index (κ2) is 6.34. The number of nitro groups is 1. The topological polar surface area (TPSA) is 65.3 Å². The summed E-state index contributed by atoms with van der Waals surface area (Å²) in [5.41, 5.74) is 1.62. The van der Waals surface area contributed by atoms with Gasteiger partial charge in [-0.2, -0.15) is 0 Å². The Bertz CT molecular complexity index is 632. The van der Waals surface area contributed by atoms with Gasteiger partial charge in [0.25, 0.3) is 0 Å². The number of benzene rings is 1. The maximum Gasteiger partial charge on any atom is 0.311 e. The van der Waals surface area contributed by atoms with Crippen LogP contribution in [0.1, 0.15) is 18.1 Å². The minimum absolute atomic E-state index is 0.0550. The number of nitrogens with zero attached hydrogens (tertiary/aromatic N) is 2. The van der Waals surface area contributed by atoms with Crippen molar-refractivity contribution < 1.29 is 9.66 Å². The molecule has 0 radical (unpaired) electrons. The molecule has 1 aromatic heterocycles. The van der Waals surface area contributed by atoms with Crippen molar-refractivity contribution in [3.8, 4) is 11.5 Å². The van der Waals surface area contributed by atoms with Crippen LogP contribution in [0.3, 0.4) is 0 Å². The van der Waals surface area contributed by atoms with Gasteiger partial charge >= 0.3 is 5.69 Å². The van der Waals surface area contributed by atoms with Crippen LogP contribution in [-0.2, 0) is 12.3 Å². The van der Waals surface area contributed by atoms with Gasteiger partial charge in [-0.05, 0) is 29.7 Å². The van der Waals surface area contributed by atoms with E-state index in [0.29, 0.717) is 11.6 Å². The molecule has 0 saturated heterocycles. The van der Waals surface area contributed by atoms with Crippen molar-refractivity contribution in [3.63, 3.8) is 0 Å². The van der Waals surface area contributed by atoms with Crippen LogP contribution in [0.15, 0.2) is 36.7 Å². The number of halogens is 1. The van der Waals surface area contributed by atoms with Gasteiger partial charge in [0.05, 0.1) is 11.1 Å². The van der Waals surface area contributed by atoms with Gasteiger partial charge in [0.1, 0.15) is 5.75 Å². The van der Waals surface area contributed by atoms with Crippen molar-refractivity contribution >= 4 is 17.3 Å². The first kappa shape index (κ1) is 14.3. The van der Waals surface area contributed by atoms with Crippen molar-refractivity contribution in [1.82, 2.24) is 4.98 Å². The van der Waals surface area contributed by atoms with Gasteiger partial charge in [-0.25, -0.2) is 0 Å². The van der Waals surface area contributed by atoms with E-state index in [9.17, 15) is 10.1 Å². The second-order valence-corrected chi connectivity index (χ2v) is 4.44. The van der Waals surface area contributed by atoms with E-state index in [4.69, 9.17) is 16.3 Å². The fourth-order valence-corrected chi connectivity index (χ4v) is 1.88. The molecule has 2 aromatic rings. The van der Waals surface area contributed by atoms with Gasteiger partial charge in [0.15, 0.2) is 0 Å². The van der Waals surface area contributed by atoms with Gasteiger partial charge in [0.2, 0.25) is 5.75 Å². The summed E-state index contributed by atoms with van der Waals surface area (Å²) in [6, 6.07) is 6.64. The highest BCUT2D eigenvalue weighted by Gasteiger charge is 2.16. The Kier molecular flexibility index (Phi) is 4.53. The normalized spacial score (nSPS) is 10.3. The van der Waals surface area contributed by atoms with Crippen LogP contribution < -0.4 is 4.74 Å².